The third kappa shape index (κ3) is 3.11. The fraction of sp³-hybridized carbons (Fsp3) is 0.412. The Balaban J connectivity index is 2.65. The summed E-state index contributed by atoms with van der Waals surface area (Å²) in [6, 6.07) is 1.38. The summed E-state index contributed by atoms with van der Waals surface area (Å²) in [7, 11) is 0. The molecule has 5 nitrogen and oxygen atoms in total. The van der Waals surface area contributed by atoms with Crippen molar-refractivity contribution in [2.24, 2.45) is 0 Å². The van der Waals surface area contributed by atoms with E-state index in [2.05, 4.69) is 5.32 Å². The van der Waals surface area contributed by atoms with Crippen LogP contribution in [0.2, 0.25) is 0 Å². The summed E-state index contributed by atoms with van der Waals surface area (Å²) >= 11 is 0. The molecule has 0 aliphatic carbocycles. The first-order chi connectivity index (χ1) is 11.3. The van der Waals surface area contributed by atoms with E-state index >= 15 is 0 Å². The predicted molar refractivity (Wildman–Crippen MR) is 83.9 cm³/mol. The molecular weight excluding hydrogens is 318 g/mol. The van der Waals surface area contributed by atoms with Crippen LogP contribution in [0.5, 0.6) is 0 Å². The SMILES string of the molecule is CCOC(=O)C1=C(C)N(C(C)C)C(=O)N[C@@H]1c1c(F)cccc1F. The van der Waals surface area contributed by atoms with E-state index in [-0.39, 0.29) is 23.8 Å². The van der Waals surface area contributed by atoms with E-state index in [9.17, 15) is 18.4 Å². The van der Waals surface area contributed by atoms with Gasteiger partial charge in [-0.1, -0.05) is 6.07 Å². The molecule has 1 aliphatic heterocycles. The minimum Gasteiger partial charge on any atom is -0.463 e. The number of allylic oxidation sites excluding steroid dienone is 1. The molecule has 0 saturated heterocycles. The summed E-state index contributed by atoms with van der Waals surface area (Å²) in [4.78, 5) is 26.1. The molecule has 1 aromatic carbocycles. The second-order valence-electron chi connectivity index (χ2n) is 5.70. The number of carbonyl (C=O) groups excluding carboxylic acids is 2. The van der Waals surface area contributed by atoms with Gasteiger partial charge in [0.25, 0.3) is 0 Å². The van der Waals surface area contributed by atoms with Crippen LogP contribution in [-0.4, -0.2) is 29.5 Å². The highest BCUT2D eigenvalue weighted by atomic mass is 19.1. The Morgan fingerprint density at radius 1 is 1.33 bits per heavy atom. The lowest BCUT2D eigenvalue weighted by Gasteiger charge is -2.37. The molecular formula is C17H20F2N2O3. The van der Waals surface area contributed by atoms with Gasteiger partial charge in [0.15, 0.2) is 0 Å². The van der Waals surface area contributed by atoms with Gasteiger partial charge in [0, 0.05) is 11.7 Å². The fourth-order valence-electron chi connectivity index (χ4n) is 2.86. The molecule has 0 spiro atoms. The number of hydrogen-bond acceptors (Lipinski definition) is 3. The Labute approximate surface area is 139 Å². The number of urea groups is 1. The van der Waals surface area contributed by atoms with Crippen molar-refractivity contribution < 1.29 is 23.1 Å². The maximum Gasteiger partial charge on any atom is 0.338 e. The van der Waals surface area contributed by atoms with E-state index in [4.69, 9.17) is 4.74 Å². The van der Waals surface area contributed by atoms with E-state index in [0.29, 0.717) is 5.70 Å². The van der Waals surface area contributed by atoms with Gasteiger partial charge in [0.2, 0.25) is 0 Å². The summed E-state index contributed by atoms with van der Waals surface area (Å²) in [5.74, 6) is -2.39. The third-order valence-electron chi connectivity index (χ3n) is 3.83. The van der Waals surface area contributed by atoms with Crippen LogP contribution < -0.4 is 5.32 Å². The summed E-state index contributed by atoms with van der Waals surface area (Å²) in [6.45, 7) is 6.86. The fourth-order valence-corrected chi connectivity index (χ4v) is 2.86. The number of amides is 2. The van der Waals surface area contributed by atoms with Crippen LogP contribution in [0.4, 0.5) is 13.6 Å². The summed E-state index contributed by atoms with van der Waals surface area (Å²) in [5, 5.41) is 2.51. The van der Waals surface area contributed by atoms with Crippen LogP contribution in [0.3, 0.4) is 0 Å². The highest BCUT2D eigenvalue weighted by Gasteiger charge is 2.39. The van der Waals surface area contributed by atoms with Gasteiger partial charge in [0.05, 0.1) is 23.8 Å². The zero-order chi connectivity index (χ0) is 18.0. The lowest BCUT2D eigenvalue weighted by Crippen LogP contribution is -2.50. The molecule has 130 valence electrons. The molecule has 1 N–H and O–H groups in total. The number of esters is 1. The Bertz CT molecular complexity index is 681. The smallest absolute Gasteiger partial charge is 0.338 e. The van der Waals surface area contributed by atoms with Crippen LogP contribution >= 0.6 is 0 Å². The van der Waals surface area contributed by atoms with Crippen molar-refractivity contribution in [3.05, 3.63) is 46.7 Å². The zero-order valence-electron chi connectivity index (χ0n) is 14.0. The van der Waals surface area contributed by atoms with Gasteiger partial charge in [-0.15, -0.1) is 0 Å². The maximum absolute atomic E-state index is 14.2. The van der Waals surface area contributed by atoms with Gasteiger partial charge in [-0.2, -0.15) is 0 Å². The highest BCUT2D eigenvalue weighted by molar-refractivity contribution is 5.95. The van der Waals surface area contributed by atoms with Gasteiger partial charge in [0.1, 0.15) is 11.6 Å². The van der Waals surface area contributed by atoms with E-state index in [1.807, 2.05) is 0 Å². The Kier molecular flexibility index (Phi) is 5.21. The first-order valence-corrected chi connectivity index (χ1v) is 7.71. The molecule has 1 heterocycles. The molecule has 0 fully saturated rings. The lowest BCUT2D eigenvalue weighted by molar-refractivity contribution is -0.139. The Morgan fingerprint density at radius 2 is 1.92 bits per heavy atom. The van der Waals surface area contributed by atoms with Crippen LogP contribution in [-0.2, 0) is 9.53 Å². The van der Waals surface area contributed by atoms with Crippen LogP contribution in [0.15, 0.2) is 29.5 Å². The summed E-state index contributed by atoms with van der Waals surface area (Å²) < 4.78 is 33.4. The number of hydrogen-bond donors (Lipinski definition) is 1. The molecule has 2 amide bonds. The number of halogens is 2. The standard InChI is InChI=1S/C17H20F2N2O3/c1-5-24-16(22)13-10(4)21(9(2)3)17(23)20-15(13)14-11(18)7-6-8-12(14)19/h6-9,15H,5H2,1-4H3,(H,20,23)/t15-/m0/s1. The van der Waals surface area contributed by atoms with Gasteiger partial charge in [-0.3, -0.25) is 4.90 Å². The van der Waals surface area contributed by atoms with E-state index in [1.165, 1.54) is 11.0 Å². The molecule has 24 heavy (non-hydrogen) atoms. The number of nitrogens with zero attached hydrogens (tertiary/aromatic N) is 1. The normalized spacial score (nSPS) is 18.0. The lowest BCUT2D eigenvalue weighted by atomic mass is 9.93. The van der Waals surface area contributed by atoms with Crippen LogP contribution in [0, 0.1) is 11.6 Å². The van der Waals surface area contributed by atoms with Crippen molar-refractivity contribution in [2.45, 2.75) is 39.8 Å². The summed E-state index contributed by atoms with van der Waals surface area (Å²) in [5.41, 5.74) is -0.0364. The van der Waals surface area contributed by atoms with Crippen molar-refractivity contribution in [3.63, 3.8) is 0 Å². The highest BCUT2D eigenvalue weighted by Crippen LogP contribution is 2.34. The number of rotatable bonds is 4. The van der Waals surface area contributed by atoms with E-state index in [1.54, 1.807) is 27.7 Å². The minimum atomic E-state index is -1.24. The Hall–Kier alpha value is -2.44. The summed E-state index contributed by atoms with van der Waals surface area (Å²) in [6.07, 6.45) is 0. The van der Waals surface area contributed by atoms with Crippen molar-refractivity contribution in [2.75, 3.05) is 6.61 Å². The number of benzene rings is 1. The van der Waals surface area contributed by atoms with Crippen molar-refractivity contribution >= 4 is 12.0 Å². The first-order valence-electron chi connectivity index (χ1n) is 7.71. The molecule has 0 aromatic heterocycles. The molecule has 0 radical (unpaired) electrons. The molecule has 1 aromatic rings. The van der Waals surface area contributed by atoms with E-state index < -0.39 is 29.7 Å². The molecule has 0 bridgehead atoms. The van der Waals surface area contributed by atoms with Crippen LogP contribution in [0.1, 0.15) is 39.3 Å². The first kappa shape index (κ1) is 17.9. The van der Waals surface area contributed by atoms with Gasteiger partial charge in [-0.05, 0) is 39.8 Å². The number of carbonyl (C=O) groups is 2. The van der Waals surface area contributed by atoms with E-state index in [0.717, 1.165) is 12.1 Å². The van der Waals surface area contributed by atoms with Gasteiger partial charge < -0.3 is 10.1 Å². The maximum atomic E-state index is 14.2. The van der Waals surface area contributed by atoms with Crippen molar-refractivity contribution in [1.29, 1.82) is 0 Å². The Morgan fingerprint density at radius 3 is 2.42 bits per heavy atom. The number of nitrogens with one attached hydrogen (secondary N) is 1. The predicted octanol–water partition coefficient (Wildman–Crippen LogP) is 3.28. The second kappa shape index (κ2) is 6.98. The monoisotopic (exact) mass is 338 g/mol. The third-order valence-corrected chi connectivity index (χ3v) is 3.83. The molecule has 1 atom stereocenters. The average molecular weight is 338 g/mol. The topological polar surface area (TPSA) is 58.6 Å². The zero-order valence-corrected chi connectivity index (χ0v) is 14.0. The molecule has 7 heteroatoms. The number of ether oxygens (including phenoxy) is 1. The molecule has 0 saturated carbocycles. The minimum absolute atomic E-state index is 0.0224. The molecule has 0 unspecified atom stereocenters. The van der Waals surface area contributed by atoms with Crippen LogP contribution in [0.25, 0.3) is 0 Å². The van der Waals surface area contributed by atoms with Crippen molar-refractivity contribution in [3.8, 4) is 0 Å². The second-order valence-corrected chi connectivity index (χ2v) is 5.70. The quantitative estimate of drug-likeness (QED) is 0.857. The largest absolute Gasteiger partial charge is 0.463 e. The van der Waals surface area contributed by atoms with Crippen molar-refractivity contribution in [1.82, 2.24) is 10.2 Å². The van der Waals surface area contributed by atoms with Gasteiger partial charge >= 0.3 is 12.0 Å². The molecule has 1 aliphatic rings. The molecule has 2 rings (SSSR count). The van der Waals surface area contributed by atoms with Gasteiger partial charge in [-0.25, -0.2) is 18.4 Å². The average Bonchev–Trinajstić information content (AvgIpc) is 2.46.